The molecule has 0 radical (unpaired) electrons. The standard InChI is InChI=1S/C11H21N3O2/c1-3-12-6-5-7-14-9-10(15)13(4-2)8-11(14)16/h12H,3-9H2,1-2H3. The number of carbonyl (C=O) groups is 2. The zero-order valence-electron chi connectivity index (χ0n) is 10.2. The lowest BCUT2D eigenvalue weighted by molar-refractivity contribution is -0.149. The van der Waals surface area contributed by atoms with Crippen molar-refractivity contribution >= 4 is 11.8 Å². The predicted octanol–water partition coefficient (Wildman–Crippen LogP) is -0.323. The number of hydrogen-bond donors (Lipinski definition) is 1. The molecule has 0 atom stereocenters. The quantitative estimate of drug-likeness (QED) is 0.633. The average Bonchev–Trinajstić information content (AvgIpc) is 2.28. The van der Waals surface area contributed by atoms with Crippen molar-refractivity contribution in [3.8, 4) is 0 Å². The number of rotatable bonds is 6. The van der Waals surface area contributed by atoms with Crippen LogP contribution in [-0.4, -0.2) is 60.9 Å². The van der Waals surface area contributed by atoms with E-state index in [1.807, 2.05) is 6.92 Å². The van der Waals surface area contributed by atoms with E-state index < -0.39 is 0 Å². The Morgan fingerprint density at radius 3 is 2.38 bits per heavy atom. The van der Waals surface area contributed by atoms with Crippen molar-refractivity contribution in [3.63, 3.8) is 0 Å². The van der Waals surface area contributed by atoms with Gasteiger partial charge in [0, 0.05) is 13.1 Å². The molecule has 0 aromatic rings. The Morgan fingerprint density at radius 2 is 1.75 bits per heavy atom. The largest absolute Gasteiger partial charge is 0.332 e. The van der Waals surface area contributed by atoms with Gasteiger partial charge in [-0.3, -0.25) is 9.59 Å². The summed E-state index contributed by atoms with van der Waals surface area (Å²) in [6.45, 7) is 7.57. The minimum Gasteiger partial charge on any atom is -0.332 e. The van der Waals surface area contributed by atoms with E-state index in [1.165, 1.54) is 0 Å². The van der Waals surface area contributed by atoms with Gasteiger partial charge in [-0.1, -0.05) is 6.92 Å². The lowest BCUT2D eigenvalue weighted by atomic mass is 10.2. The highest BCUT2D eigenvalue weighted by atomic mass is 16.2. The van der Waals surface area contributed by atoms with Gasteiger partial charge in [0.1, 0.15) is 0 Å². The molecule has 0 aliphatic carbocycles. The van der Waals surface area contributed by atoms with E-state index in [9.17, 15) is 9.59 Å². The number of carbonyl (C=O) groups excluding carboxylic acids is 2. The van der Waals surface area contributed by atoms with Crippen LogP contribution in [0.5, 0.6) is 0 Å². The molecule has 1 heterocycles. The van der Waals surface area contributed by atoms with Crippen LogP contribution in [-0.2, 0) is 9.59 Å². The van der Waals surface area contributed by atoms with Crippen molar-refractivity contribution in [1.82, 2.24) is 15.1 Å². The molecule has 1 aliphatic heterocycles. The normalized spacial score (nSPS) is 17.1. The van der Waals surface area contributed by atoms with Gasteiger partial charge in [-0.25, -0.2) is 0 Å². The molecular formula is C11H21N3O2. The molecule has 5 nitrogen and oxygen atoms in total. The summed E-state index contributed by atoms with van der Waals surface area (Å²) >= 11 is 0. The zero-order chi connectivity index (χ0) is 12.0. The van der Waals surface area contributed by atoms with E-state index in [2.05, 4.69) is 12.2 Å². The smallest absolute Gasteiger partial charge is 0.242 e. The van der Waals surface area contributed by atoms with Crippen LogP contribution in [0.15, 0.2) is 0 Å². The van der Waals surface area contributed by atoms with Gasteiger partial charge in [0.15, 0.2) is 0 Å². The molecule has 0 unspecified atom stereocenters. The predicted molar refractivity (Wildman–Crippen MR) is 62.0 cm³/mol. The van der Waals surface area contributed by atoms with E-state index in [0.717, 1.165) is 19.5 Å². The maximum absolute atomic E-state index is 11.7. The second kappa shape index (κ2) is 6.48. The second-order valence-electron chi connectivity index (χ2n) is 3.93. The average molecular weight is 227 g/mol. The maximum atomic E-state index is 11.7. The van der Waals surface area contributed by atoms with Crippen LogP contribution in [0.4, 0.5) is 0 Å². The van der Waals surface area contributed by atoms with Crippen molar-refractivity contribution in [2.75, 3.05) is 39.3 Å². The Hall–Kier alpha value is -1.10. The number of amides is 2. The zero-order valence-corrected chi connectivity index (χ0v) is 10.2. The molecule has 1 rings (SSSR count). The number of nitrogens with zero attached hydrogens (tertiary/aromatic N) is 2. The lowest BCUT2D eigenvalue weighted by Gasteiger charge is -2.33. The third kappa shape index (κ3) is 3.48. The molecule has 0 aromatic heterocycles. The summed E-state index contributed by atoms with van der Waals surface area (Å²) in [5.74, 6) is 0.128. The summed E-state index contributed by atoms with van der Waals surface area (Å²) < 4.78 is 0. The van der Waals surface area contributed by atoms with Crippen molar-refractivity contribution in [3.05, 3.63) is 0 Å². The Kier molecular flexibility index (Phi) is 5.25. The Bertz CT molecular complexity index is 256. The van der Waals surface area contributed by atoms with E-state index in [0.29, 0.717) is 13.1 Å². The highest BCUT2D eigenvalue weighted by Gasteiger charge is 2.27. The molecule has 2 amide bonds. The Morgan fingerprint density at radius 1 is 1.12 bits per heavy atom. The Labute approximate surface area is 96.8 Å². The summed E-state index contributed by atoms with van der Waals surface area (Å²) in [7, 11) is 0. The number of nitrogens with one attached hydrogen (secondary N) is 1. The summed E-state index contributed by atoms with van der Waals surface area (Å²) in [4.78, 5) is 26.5. The fourth-order valence-corrected chi connectivity index (χ4v) is 1.77. The minimum atomic E-state index is 0.0607. The minimum absolute atomic E-state index is 0.0607. The third-order valence-corrected chi connectivity index (χ3v) is 2.77. The summed E-state index contributed by atoms with van der Waals surface area (Å²) in [6.07, 6.45) is 0.902. The SMILES string of the molecule is CCNCCCN1CC(=O)N(CC)CC1=O. The van der Waals surface area contributed by atoms with E-state index in [-0.39, 0.29) is 24.9 Å². The summed E-state index contributed by atoms with van der Waals surface area (Å²) in [5, 5.41) is 3.20. The monoisotopic (exact) mass is 227 g/mol. The molecule has 92 valence electrons. The van der Waals surface area contributed by atoms with Crippen molar-refractivity contribution in [2.45, 2.75) is 20.3 Å². The van der Waals surface area contributed by atoms with Crippen LogP contribution < -0.4 is 5.32 Å². The van der Waals surface area contributed by atoms with Crippen LogP contribution in [0.1, 0.15) is 20.3 Å². The van der Waals surface area contributed by atoms with Crippen LogP contribution in [0, 0.1) is 0 Å². The van der Waals surface area contributed by atoms with Crippen LogP contribution in [0.3, 0.4) is 0 Å². The summed E-state index contributed by atoms with van der Waals surface area (Å²) in [5.41, 5.74) is 0. The van der Waals surface area contributed by atoms with Gasteiger partial charge in [0.2, 0.25) is 11.8 Å². The highest BCUT2D eigenvalue weighted by molar-refractivity contribution is 5.92. The molecule has 0 aromatic carbocycles. The lowest BCUT2D eigenvalue weighted by Crippen LogP contribution is -2.53. The van der Waals surface area contributed by atoms with Gasteiger partial charge in [-0.05, 0) is 26.4 Å². The first-order chi connectivity index (χ1) is 7.69. The second-order valence-corrected chi connectivity index (χ2v) is 3.93. The fourth-order valence-electron chi connectivity index (χ4n) is 1.77. The molecule has 5 heteroatoms. The molecule has 1 saturated heterocycles. The molecule has 0 spiro atoms. The molecule has 1 N–H and O–H groups in total. The molecule has 1 aliphatic rings. The first-order valence-electron chi connectivity index (χ1n) is 5.95. The fraction of sp³-hybridized carbons (Fsp3) is 0.818. The van der Waals surface area contributed by atoms with E-state index in [4.69, 9.17) is 0 Å². The summed E-state index contributed by atoms with van der Waals surface area (Å²) in [6, 6.07) is 0. The first-order valence-corrected chi connectivity index (χ1v) is 5.95. The molecular weight excluding hydrogens is 206 g/mol. The van der Waals surface area contributed by atoms with Crippen molar-refractivity contribution in [2.24, 2.45) is 0 Å². The topological polar surface area (TPSA) is 52.7 Å². The number of piperazine rings is 1. The molecule has 0 saturated carbocycles. The van der Waals surface area contributed by atoms with E-state index >= 15 is 0 Å². The highest BCUT2D eigenvalue weighted by Crippen LogP contribution is 2.04. The van der Waals surface area contributed by atoms with Crippen molar-refractivity contribution in [1.29, 1.82) is 0 Å². The maximum Gasteiger partial charge on any atom is 0.242 e. The van der Waals surface area contributed by atoms with Gasteiger partial charge >= 0.3 is 0 Å². The molecule has 0 bridgehead atoms. The van der Waals surface area contributed by atoms with Crippen LogP contribution >= 0.6 is 0 Å². The number of hydrogen-bond acceptors (Lipinski definition) is 3. The van der Waals surface area contributed by atoms with E-state index in [1.54, 1.807) is 9.80 Å². The van der Waals surface area contributed by atoms with Gasteiger partial charge in [-0.2, -0.15) is 0 Å². The van der Waals surface area contributed by atoms with Crippen LogP contribution in [0.25, 0.3) is 0 Å². The Balaban J connectivity index is 2.32. The van der Waals surface area contributed by atoms with Gasteiger partial charge in [0.25, 0.3) is 0 Å². The number of likely N-dealkylation sites (N-methyl/N-ethyl adjacent to an activating group) is 1. The molecule has 16 heavy (non-hydrogen) atoms. The van der Waals surface area contributed by atoms with Crippen molar-refractivity contribution < 1.29 is 9.59 Å². The molecule has 1 fully saturated rings. The van der Waals surface area contributed by atoms with Gasteiger partial charge < -0.3 is 15.1 Å². The van der Waals surface area contributed by atoms with Crippen LogP contribution in [0.2, 0.25) is 0 Å². The van der Waals surface area contributed by atoms with Gasteiger partial charge in [0.05, 0.1) is 13.1 Å². The first kappa shape index (κ1) is 13.0. The van der Waals surface area contributed by atoms with Gasteiger partial charge in [-0.15, -0.1) is 0 Å². The third-order valence-electron chi connectivity index (χ3n) is 2.77.